The Morgan fingerprint density at radius 2 is 1.76 bits per heavy atom. The number of anilines is 1. The maximum Gasteiger partial charge on any atom is 0.267 e. The van der Waals surface area contributed by atoms with Crippen LogP contribution in [0.4, 0.5) is 5.69 Å². The van der Waals surface area contributed by atoms with Crippen molar-refractivity contribution in [3.8, 4) is 0 Å². The van der Waals surface area contributed by atoms with Crippen LogP contribution in [0.1, 0.15) is 24.5 Å². The Balaban J connectivity index is 2.44. The van der Waals surface area contributed by atoms with Gasteiger partial charge in [0.05, 0.1) is 5.75 Å². The number of benzene rings is 2. The predicted molar refractivity (Wildman–Crippen MR) is 97.6 cm³/mol. The van der Waals surface area contributed by atoms with Gasteiger partial charge in [0.15, 0.2) is 0 Å². The highest BCUT2D eigenvalue weighted by Crippen LogP contribution is 2.26. The molecule has 0 radical (unpaired) electrons. The summed E-state index contributed by atoms with van der Waals surface area (Å²) in [7, 11) is -3.41. The number of hydroxylamine groups is 1. The van der Waals surface area contributed by atoms with Crippen LogP contribution in [0, 0.1) is 0 Å². The second kappa shape index (κ2) is 8.46. The van der Waals surface area contributed by atoms with Crippen LogP contribution in [0.5, 0.6) is 0 Å². The smallest absolute Gasteiger partial charge is 0.267 e. The van der Waals surface area contributed by atoms with Gasteiger partial charge in [-0.25, -0.2) is 13.9 Å². The van der Waals surface area contributed by atoms with Crippen molar-refractivity contribution in [2.24, 2.45) is 0 Å². The van der Waals surface area contributed by atoms with Gasteiger partial charge in [-0.05, 0) is 35.3 Å². The second-order valence-electron chi connectivity index (χ2n) is 5.40. The Morgan fingerprint density at radius 1 is 1.08 bits per heavy atom. The molecule has 0 aliphatic carbocycles. The Kier molecular flexibility index (Phi) is 6.32. The summed E-state index contributed by atoms with van der Waals surface area (Å²) in [5.41, 5.74) is 3.96. The lowest BCUT2D eigenvalue weighted by Gasteiger charge is -2.12. The topological polar surface area (TPSA) is 95.5 Å². The lowest BCUT2D eigenvalue weighted by Crippen LogP contribution is -2.16. The van der Waals surface area contributed by atoms with E-state index in [1.165, 1.54) is 6.08 Å². The molecule has 6 nitrogen and oxygen atoms in total. The Labute approximate surface area is 147 Å². The van der Waals surface area contributed by atoms with E-state index < -0.39 is 15.9 Å². The molecule has 0 atom stereocenters. The fourth-order valence-corrected chi connectivity index (χ4v) is 3.49. The first-order chi connectivity index (χ1) is 11.9. The monoisotopic (exact) mass is 360 g/mol. The van der Waals surface area contributed by atoms with Crippen LogP contribution in [0.25, 0.3) is 5.57 Å². The molecule has 132 valence electrons. The average molecular weight is 360 g/mol. The molecule has 0 heterocycles. The van der Waals surface area contributed by atoms with Crippen molar-refractivity contribution >= 4 is 27.2 Å². The minimum absolute atomic E-state index is 0.0333. The zero-order valence-corrected chi connectivity index (χ0v) is 14.6. The van der Waals surface area contributed by atoms with Gasteiger partial charge in [-0.1, -0.05) is 49.4 Å². The molecule has 2 rings (SSSR count). The first-order valence-electron chi connectivity index (χ1n) is 7.77. The maximum atomic E-state index is 12.0. The summed E-state index contributed by atoms with van der Waals surface area (Å²) in [5.74, 6) is -0.637. The normalized spacial score (nSPS) is 11.8. The molecule has 3 N–H and O–H groups in total. The number of rotatable bonds is 7. The van der Waals surface area contributed by atoms with Gasteiger partial charge < -0.3 is 0 Å². The van der Waals surface area contributed by atoms with Crippen LogP contribution in [-0.4, -0.2) is 25.3 Å². The highest BCUT2D eigenvalue weighted by Gasteiger charge is 2.12. The summed E-state index contributed by atoms with van der Waals surface area (Å²) < 4.78 is 26.4. The lowest BCUT2D eigenvalue weighted by molar-refractivity contribution is -0.124. The summed E-state index contributed by atoms with van der Waals surface area (Å²) in [4.78, 5) is 11.6. The molecule has 1 amide bonds. The van der Waals surface area contributed by atoms with E-state index >= 15 is 0 Å². The van der Waals surface area contributed by atoms with Crippen molar-refractivity contribution in [3.05, 3.63) is 71.8 Å². The number of amides is 1. The molecule has 0 aliphatic heterocycles. The number of carbonyl (C=O) groups excluding carboxylic acids is 1. The van der Waals surface area contributed by atoms with E-state index in [1.54, 1.807) is 36.7 Å². The van der Waals surface area contributed by atoms with E-state index in [2.05, 4.69) is 4.72 Å². The van der Waals surface area contributed by atoms with Gasteiger partial charge in [0.25, 0.3) is 5.91 Å². The first-order valence-corrected chi connectivity index (χ1v) is 9.42. The van der Waals surface area contributed by atoms with Gasteiger partial charge in [0.2, 0.25) is 10.0 Å². The van der Waals surface area contributed by atoms with E-state index in [0.29, 0.717) is 23.2 Å². The fraction of sp³-hybridized carbons (Fsp3) is 0.167. The maximum absolute atomic E-state index is 12.0. The fourth-order valence-electron chi connectivity index (χ4n) is 2.36. The van der Waals surface area contributed by atoms with Crippen LogP contribution < -0.4 is 10.2 Å². The van der Waals surface area contributed by atoms with Crippen LogP contribution in [0.3, 0.4) is 0 Å². The van der Waals surface area contributed by atoms with Gasteiger partial charge in [-0.2, -0.15) is 0 Å². The average Bonchev–Trinajstić information content (AvgIpc) is 2.60. The van der Waals surface area contributed by atoms with E-state index in [4.69, 9.17) is 5.21 Å². The third-order valence-electron chi connectivity index (χ3n) is 3.39. The Morgan fingerprint density at radius 3 is 2.40 bits per heavy atom. The molecule has 25 heavy (non-hydrogen) atoms. The minimum atomic E-state index is -3.41. The molecule has 0 unspecified atom stereocenters. The molecular weight excluding hydrogens is 340 g/mol. The van der Waals surface area contributed by atoms with Crippen molar-refractivity contribution in [2.45, 2.75) is 13.3 Å². The van der Waals surface area contributed by atoms with Gasteiger partial charge in [0.1, 0.15) is 0 Å². The van der Waals surface area contributed by atoms with E-state index in [9.17, 15) is 13.2 Å². The highest BCUT2D eigenvalue weighted by molar-refractivity contribution is 7.92. The lowest BCUT2D eigenvalue weighted by atomic mass is 9.97. The molecule has 0 fully saturated rings. The van der Waals surface area contributed by atoms with Crippen LogP contribution in [-0.2, 0) is 14.8 Å². The predicted octanol–water partition coefficient (Wildman–Crippen LogP) is 2.78. The summed E-state index contributed by atoms with van der Waals surface area (Å²) in [6.45, 7) is 1.79. The minimum Gasteiger partial charge on any atom is -0.288 e. The van der Waals surface area contributed by atoms with Gasteiger partial charge in [-0.15, -0.1) is 0 Å². The number of nitrogens with one attached hydrogen (secondary N) is 2. The molecule has 0 aliphatic rings. The first kappa shape index (κ1) is 18.7. The number of sulfonamides is 1. The molecular formula is C18H20N2O4S. The van der Waals surface area contributed by atoms with Crippen molar-refractivity contribution < 1.29 is 18.4 Å². The molecule has 0 saturated heterocycles. The Hall–Kier alpha value is -2.64. The van der Waals surface area contributed by atoms with Gasteiger partial charge in [-0.3, -0.25) is 14.7 Å². The molecule has 0 aromatic heterocycles. The second-order valence-corrected chi connectivity index (χ2v) is 7.24. The van der Waals surface area contributed by atoms with E-state index in [-0.39, 0.29) is 5.75 Å². The summed E-state index contributed by atoms with van der Waals surface area (Å²) >= 11 is 0. The van der Waals surface area contributed by atoms with Crippen LogP contribution in [0.2, 0.25) is 0 Å². The summed E-state index contributed by atoms with van der Waals surface area (Å²) in [5, 5.41) is 8.81. The molecule has 2 aromatic carbocycles. The van der Waals surface area contributed by atoms with Crippen LogP contribution >= 0.6 is 0 Å². The quantitative estimate of drug-likeness (QED) is 0.402. The standard InChI is InChI=1S/C18H20N2O4S/c1-2-11-25(23,24)20-16-10-6-9-15(12-16)17(13-18(21)19-22)14-7-4-3-5-8-14/h3-10,12-13,20,22H,2,11H2,1H3,(H,19,21)/b17-13-. The molecule has 0 saturated carbocycles. The third-order valence-corrected chi connectivity index (χ3v) is 4.88. The van der Waals surface area contributed by atoms with Crippen molar-refractivity contribution in [3.63, 3.8) is 0 Å². The summed E-state index contributed by atoms with van der Waals surface area (Å²) in [6.07, 6.45) is 1.77. The van der Waals surface area contributed by atoms with E-state index in [1.807, 2.05) is 30.3 Å². The third kappa shape index (κ3) is 5.44. The SMILES string of the molecule is CCCS(=O)(=O)Nc1cccc(/C(=C\C(=O)NO)c2ccccc2)c1. The number of hydrogen-bond donors (Lipinski definition) is 3. The van der Waals surface area contributed by atoms with Crippen LogP contribution in [0.15, 0.2) is 60.7 Å². The van der Waals surface area contributed by atoms with Crippen molar-refractivity contribution in [1.29, 1.82) is 0 Å². The molecule has 0 bridgehead atoms. The van der Waals surface area contributed by atoms with Gasteiger partial charge in [0, 0.05) is 11.8 Å². The largest absolute Gasteiger partial charge is 0.288 e. The summed E-state index contributed by atoms with van der Waals surface area (Å²) in [6, 6.07) is 15.9. The molecule has 2 aromatic rings. The van der Waals surface area contributed by atoms with Crippen molar-refractivity contribution in [1.82, 2.24) is 5.48 Å². The molecule has 0 spiro atoms. The zero-order chi connectivity index (χ0) is 18.3. The zero-order valence-electron chi connectivity index (χ0n) is 13.8. The van der Waals surface area contributed by atoms with Gasteiger partial charge >= 0.3 is 0 Å². The Bertz CT molecular complexity index is 862. The number of hydrogen-bond acceptors (Lipinski definition) is 4. The van der Waals surface area contributed by atoms with E-state index in [0.717, 1.165) is 5.56 Å². The number of carbonyl (C=O) groups is 1. The molecule has 7 heteroatoms. The highest BCUT2D eigenvalue weighted by atomic mass is 32.2. The van der Waals surface area contributed by atoms with Crippen molar-refractivity contribution in [2.75, 3.05) is 10.5 Å².